The van der Waals surface area contributed by atoms with Gasteiger partial charge in [0, 0.05) is 10.9 Å². The number of hydrogen-bond donors (Lipinski definition) is 0. The highest BCUT2D eigenvalue weighted by Crippen LogP contribution is 2.26. The monoisotopic (exact) mass is 371 g/mol. The molecule has 0 N–H and O–H groups in total. The Morgan fingerprint density at radius 3 is 2.29 bits per heavy atom. The van der Waals surface area contributed by atoms with Crippen LogP contribution in [0.5, 0.6) is 11.5 Å². The fourth-order valence-electron chi connectivity index (χ4n) is 3.39. The molecule has 4 heteroatoms. The van der Waals surface area contributed by atoms with E-state index in [1.807, 2.05) is 77.4 Å². The smallest absolute Gasteiger partial charge is 0.259 e. The molecular formula is C24H21NO3. The van der Waals surface area contributed by atoms with Gasteiger partial charge in [-0.2, -0.15) is 0 Å². The zero-order valence-electron chi connectivity index (χ0n) is 15.9. The number of rotatable bonds is 5. The summed E-state index contributed by atoms with van der Waals surface area (Å²) in [5.41, 5.74) is 2.82. The molecule has 0 amide bonds. The first-order valence-electron chi connectivity index (χ1n) is 9.09. The maximum absolute atomic E-state index is 13.3. The molecule has 0 aliphatic carbocycles. The Bertz CT molecular complexity index is 1180. The summed E-state index contributed by atoms with van der Waals surface area (Å²) in [6.45, 7) is 0.472. The number of ether oxygens (including phenoxy) is 2. The minimum absolute atomic E-state index is 0.00765. The molecular weight excluding hydrogens is 350 g/mol. The largest absolute Gasteiger partial charge is 0.497 e. The van der Waals surface area contributed by atoms with Crippen molar-refractivity contribution in [3.63, 3.8) is 0 Å². The molecule has 0 atom stereocenters. The first kappa shape index (κ1) is 17.9. The van der Waals surface area contributed by atoms with Crippen LogP contribution in [0.3, 0.4) is 0 Å². The Morgan fingerprint density at radius 2 is 1.54 bits per heavy atom. The van der Waals surface area contributed by atoms with Crippen LogP contribution in [0.25, 0.3) is 22.0 Å². The summed E-state index contributed by atoms with van der Waals surface area (Å²) in [4.78, 5) is 13.3. The molecule has 0 spiro atoms. The molecule has 4 aromatic rings. The summed E-state index contributed by atoms with van der Waals surface area (Å²) in [5.74, 6) is 1.55. The number of pyridine rings is 1. The highest BCUT2D eigenvalue weighted by molar-refractivity contribution is 5.85. The van der Waals surface area contributed by atoms with Gasteiger partial charge in [-0.15, -0.1) is 0 Å². The molecule has 3 aromatic carbocycles. The van der Waals surface area contributed by atoms with E-state index in [1.165, 1.54) is 0 Å². The van der Waals surface area contributed by atoms with E-state index >= 15 is 0 Å². The second-order valence-corrected chi connectivity index (χ2v) is 6.59. The second-order valence-electron chi connectivity index (χ2n) is 6.59. The number of hydrogen-bond acceptors (Lipinski definition) is 3. The zero-order valence-corrected chi connectivity index (χ0v) is 15.9. The Balaban J connectivity index is 1.91. The van der Waals surface area contributed by atoms with Crippen LogP contribution in [-0.2, 0) is 6.54 Å². The van der Waals surface area contributed by atoms with Gasteiger partial charge < -0.3 is 14.0 Å². The highest BCUT2D eigenvalue weighted by Gasteiger charge is 2.12. The zero-order chi connectivity index (χ0) is 19.5. The molecule has 1 aromatic heterocycles. The van der Waals surface area contributed by atoms with Crippen LogP contribution >= 0.6 is 0 Å². The Labute approximate surface area is 163 Å². The minimum atomic E-state index is -0.00765. The number of nitrogens with zero attached hydrogens (tertiary/aromatic N) is 1. The van der Waals surface area contributed by atoms with Crippen molar-refractivity contribution < 1.29 is 9.47 Å². The third-order valence-corrected chi connectivity index (χ3v) is 4.88. The van der Waals surface area contributed by atoms with E-state index in [9.17, 15) is 4.79 Å². The molecule has 4 rings (SSSR count). The van der Waals surface area contributed by atoms with Gasteiger partial charge in [0.15, 0.2) is 0 Å². The van der Waals surface area contributed by atoms with Crippen molar-refractivity contribution in [3.05, 3.63) is 94.8 Å². The van der Waals surface area contributed by atoms with Crippen molar-refractivity contribution in [1.82, 2.24) is 4.57 Å². The predicted molar refractivity (Wildman–Crippen MR) is 112 cm³/mol. The van der Waals surface area contributed by atoms with Crippen LogP contribution in [-0.4, -0.2) is 18.8 Å². The van der Waals surface area contributed by atoms with E-state index in [4.69, 9.17) is 9.47 Å². The van der Waals surface area contributed by atoms with Crippen LogP contribution in [0.1, 0.15) is 5.56 Å². The third kappa shape index (κ3) is 3.37. The molecule has 0 radical (unpaired) electrons. The van der Waals surface area contributed by atoms with Crippen molar-refractivity contribution in [3.8, 4) is 22.8 Å². The normalized spacial score (nSPS) is 10.8. The van der Waals surface area contributed by atoms with E-state index in [0.717, 1.165) is 33.7 Å². The van der Waals surface area contributed by atoms with Crippen LogP contribution in [0.2, 0.25) is 0 Å². The summed E-state index contributed by atoms with van der Waals surface area (Å²) < 4.78 is 12.4. The van der Waals surface area contributed by atoms with Gasteiger partial charge in [0.2, 0.25) is 0 Å². The van der Waals surface area contributed by atoms with Crippen LogP contribution in [0.15, 0.2) is 83.7 Å². The van der Waals surface area contributed by atoms with Gasteiger partial charge in [0.1, 0.15) is 11.5 Å². The van der Waals surface area contributed by atoms with Gasteiger partial charge in [-0.1, -0.05) is 42.5 Å². The molecule has 28 heavy (non-hydrogen) atoms. The van der Waals surface area contributed by atoms with E-state index < -0.39 is 0 Å². The molecule has 0 bridgehead atoms. The van der Waals surface area contributed by atoms with Gasteiger partial charge in [0.05, 0.1) is 26.5 Å². The van der Waals surface area contributed by atoms with Crippen molar-refractivity contribution in [1.29, 1.82) is 0 Å². The third-order valence-electron chi connectivity index (χ3n) is 4.88. The minimum Gasteiger partial charge on any atom is -0.497 e. The van der Waals surface area contributed by atoms with Gasteiger partial charge in [-0.05, 0) is 47.3 Å². The molecule has 0 unspecified atom stereocenters. The predicted octanol–water partition coefficient (Wildman–Crippen LogP) is 4.73. The van der Waals surface area contributed by atoms with Crippen molar-refractivity contribution in [2.24, 2.45) is 0 Å². The lowest BCUT2D eigenvalue weighted by Gasteiger charge is -2.16. The maximum Gasteiger partial charge on any atom is 0.259 e. The Morgan fingerprint density at radius 1 is 0.786 bits per heavy atom. The van der Waals surface area contributed by atoms with E-state index in [2.05, 4.69) is 6.07 Å². The summed E-state index contributed by atoms with van der Waals surface area (Å²) in [7, 11) is 3.29. The Kier molecular flexibility index (Phi) is 4.85. The fourth-order valence-corrected chi connectivity index (χ4v) is 3.39. The van der Waals surface area contributed by atoms with Gasteiger partial charge >= 0.3 is 0 Å². The van der Waals surface area contributed by atoms with Crippen molar-refractivity contribution >= 4 is 10.8 Å². The van der Waals surface area contributed by atoms with Crippen LogP contribution in [0.4, 0.5) is 0 Å². The molecule has 0 saturated carbocycles. The summed E-state index contributed by atoms with van der Waals surface area (Å²) >= 11 is 0. The standard InChI is InChI=1S/C24H21NO3/c1-27-20-12-10-17(11-13-20)16-25-23(19-7-5-8-21(14-19)28-2)15-18-6-3-4-9-22(18)24(25)26/h3-15H,16H2,1-2H3. The molecule has 140 valence electrons. The molecule has 1 heterocycles. The lowest BCUT2D eigenvalue weighted by atomic mass is 10.1. The molecule has 0 aliphatic rings. The first-order valence-corrected chi connectivity index (χ1v) is 9.09. The molecule has 0 aliphatic heterocycles. The maximum atomic E-state index is 13.3. The van der Waals surface area contributed by atoms with Gasteiger partial charge in [0.25, 0.3) is 5.56 Å². The van der Waals surface area contributed by atoms with E-state index in [1.54, 1.807) is 14.2 Å². The number of fused-ring (bicyclic) bond motifs is 1. The van der Waals surface area contributed by atoms with Gasteiger partial charge in [-0.3, -0.25) is 4.79 Å². The fraction of sp³-hybridized carbons (Fsp3) is 0.125. The summed E-state index contributed by atoms with van der Waals surface area (Å²) in [5, 5.41) is 1.64. The van der Waals surface area contributed by atoms with Crippen molar-refractivity contribution in [2.45, 2.75) is 6.54 Å². The topological polar surface area (TPSA) is 40.5 Å². The van der Waals surface area contributed by atoms with Crippen molar-refractivity contribution in [2.75, 3.05) is 14.2 Å². The lowest BCUT2D eigenvalue weighted by Crippen LogP contribution is -2.22. The second kappa shape index (κ2) is 7.61. The SMILES string of the molecule is COc1ccc(Cn2c(-c3cccc(OC)c3)cc3ccccc3c2=O)cc1. The van der Waals surface area contributed by atoms with Crippen LogP contribution < -0.4 is 15.0 Å². The van der Waals surface area contributed by atoms with E-state index in [0.29, 0.717) is 11.9 Å². The van der Waals surface area contributed by atoms with Gasteiger partial charge in [-0.25, -0.2) is 0 Å². The Hall–Kier alpha value is -3.53. The highest BCUT2D eigenvalue weighted by atomic mass is 16.5. The average molecular weight is 371 g/mol. The lowest BCUT2D eigenvalue weighted by molar-refractivity contribution is 0.414. The molecule has 0 fully saturated rings. The summed E-state index contributed by atoms with van der Waals surface area (Å²) in [6.07, 6.45) is 0. The number of methoxy groups -OCH3 is 2. The number of benzene rings is 3. The molecule has 0 saturated heterocycles. The molecule has 4 nitrogen and oxygen atoms in total. The first-order chi connectivity index (χ1) is 13.7. The average Bonchev–Trinajstić information content (AvgIpc) is 2.76. The summed E-state index contributed by atoms with van der Waals surface area (Å²) in [6, 6.07) is 25.3. The van der Waals surface area contributed by atoms with E-state index in [-0.39, 0.29) is 5.56 Å². The van der Waals surface area contributed by atoms with Crippen LogP contribution in [0, 0.1) is 0 Å². The quantitative estimate of drug-likeness (QED) is 0.509. The number of aromatic nitrogens is 1.